The number of aromatic nitrogens is 1. The smallest absolute Gasteiger partial charge is 0.245 e. The molecule has 3 aromatic rings. The number of nitrogens with zero attached hydrogens (tertiary/aromatic N) is 4. The molecule has 0 radical (unpaired) electrons. The molecule has 0 amide bonds. The van der Waals surface area contributed by atoms with Crippen molar-refractivity contribution in [1.82, 2.24) is 14.2 Å². The summed E-state index contributed by atoms with van der Waals surface area (Å²) < 4.78 is 28.4. The Labute approximate surface area is 217 Å². The van der Waals surface area contributed by atoms with Gasteiger partial charge < -0.3 is 4.90 Å². The van der Waals surface area contributed by atoms with E-state index in [2.05, 4.69) is 14.8 Å². The number of anilines is 1. The number of pyridine rings is 1. The monoisotopic (exact) mass is 532 g/mol. The lowest BCUT2D eigenvalue weighted by atomic mass is 9.94. The Morgan fingerprint density at radius 2 is 1.63 bits per heavy atom. The van der Waals surface area contributed by atoms with Crippen LogP contribution in [0.4, 0.5) is 5.69 Å². The third-order valence-corrected chi connectivity index (χ3v) is 9.98. The maximum absolute atomic E-state index is 13.4. The van der Waals surface area contributed by atoms with Gasteiger partial charge in [0.1, 0.15) is 4.90 Å². The lowest BCUT2D eigenvalue weighted by Gasteiger charge is -2.37. The molecule has 6 nitrogen and oxygen atoms in total. The van der Waals surface area contributed by atoms with Crippen molar-refractivity contribution in [2.45, 2.75) is 24.2 Å². The molecule has 3 heterocycles. The Morgan fingerprint density at radius 1 is 0.886 bits per heavy atom. The molecule has 0 spiro atoms. The van der Waals surface area contributed by atoms with Crippen LogP contribution < -0.4 is 4.90 Å². The summed E-state index contributed by atoms with van der Waals surface area (Å²) in [6.07, 6.45) is 6.12. The number of halogens is 2. The summed E-state index contributed by atoms with van der Waals surface area (Å²) in [7, 11) is -3.55. The molecule has 1 aromatic heterocycles. The van der Waals surface area contributed by atoms with E-state index in [9.17, 15) is 8.42 Å². The zero-order chi connectivity index (χ0) is 24.4. The minimum atomic E-state index is -3.55. The van der Waals surface area contributed by atoms with Gasteiger partial charge in [0.2, 0.25) is 10.0 Å². The molecule has 0 bridgehead atoms. The highest BCUT2D eigenvalue weighted by Gasteiger charge is 2.31. The van der Waals surface area contributed by atoms with Gasteiger partial charge >= 0.3 is 0 Å². The summed E-state index contributed by atoms with van der Waals surface area (Å²) in [5.74, 6) is 0.556. The van der Waals surface area contributed by atoms with Crippen LogP contribution in [0.5, 0.6) is 0 Å². The molecule has 0 atom stereocenters. The fraction of sp³-hybridized carbons (Fsp3) is 0.423. The van der Waals surface area contributed by atoms with Crippen LogP contribution >= 0.6 is 23.2 Å². The summed E-state index contributed by atoms with van der Waals surface area (Å²) in [5.41, 5.74) is 1.12. The first-order valence-corrected chi connectivity index (χ1v) is 14.4. The maximum Gasteiger partial charge on any atom is 0.245 e. The summed E-state index contributed by atoms with van der Waals surface area (Å²) in [4.78, 5) is 9.35. The van der Waals surface area contributed by atoms with Gasteiger partial charge in [-0.05, 0) is 49.9 Å². The van der Waals surface area contributed by atoms with Crippen LogP contribution in [0.15, 0.2) is 59.8 Å². The SMILES string of the molecule is O=S(=O)(c1cncc2ccccc12)N1CCC(CCN2CCN(c3ccc(Cl)c(Cl)c3)CC2)CC1. The Bertz CT molecular complexity index is 1280. The van der Waals surface area contributed by atoms with E-state index >= 15 is 0 Å². The van der Waals surface area contributed by atoms with Gasteiger partial charge in [0, 0.05) is 68.1 Å². The van der Waals surface area contributed by atoms with Gasteiger partial charge in [-0.3, -0.25) is 9.88 Å². The third-order valence-electron chi connectivity index (χ3n) is 7.32. The van der Waals surface area contributed by atoms with E-state index in [1.165, 1.54) is 6.20 Å². The molecule has 2 aromatic carbocycles. The van der Waals surface area contributed by atoms with Gasteiger partial charge in [0.25, 0.3) is 0 Å². The van der Waals surface area contributed by atoms with E-state index in [0.717, 1.165) is 68.4 Å². The van der Waals surface area contributed by atoms with Crippen LogP contribution in [0.1, 0.15) is 19.3 Å². The van der Waals surface area contributed by atoms with Crippen LogP contribution in [-0.4, -0.2) is 68.4 Å². The van der Waals surface area contributed by atoms with Crippen molar-refractivity contribution < 1.29 is 8.42 Å². The van der Waals surface area contributed by atoms with Crippen molar-refractivity contribution in [3.63, 3.8) is 0 Å². The van der Waals surface area contributed by atoms with Crippen LogP contribution in [0.25, 0.3) is 10.8 Å². The van der Waals surface area contributed by atoms with E-state index in [-0.39, 0.29) is 0 Å². The number of fused-ring (bicyclic) bond motifs is 1. The van der Waals surface area contributed by atoms with Crippen LogP contribution in [-0.2, 0) is 10.0 Å². The lowest BCUT2D eigenvalue weighted by Crippen LogP contribution is -2.47. The molecule has 5 rings (SSSR count). The standard InChI is InChI=1S/C26H30Cl2N4O2S/c27-24-6-5-22(17-25(24)28)31-15-13-30(14-16-31)10-7-20-8-11-32(12-9-20)35(33,34)26-19-29-18-21-3-1-2-4-23(21)26/h1-6,17-20H,7-16H2. The number of benzene rings is 2. The molecular weight excluding hydrogens is 503 g/mol. The van der Waals surface area contributed by atoms with Crippen LogP contribution in [0.2, 0.25) is 10.0 Å². The minimum absolute atomic E-state index is 0.314. The summed E-state index contributed by atoms with van der Waals surface area (Å²) in [6, 6.07) is 13.4. The van der Waals surface area contributed by atoms with Gasteiger partial charge in [-0.25, -0.2) is 8.42 Å². The zero-order valence-corrected chi connectivity index (χ0v) is 21.9. The van der Waals surface area contributed by atoms with E-state index < -0.39 is 10.0 Å². The first-order valence-electron chi connectivity index (χ1n) is 12.2. The number of hydrogen-bond donors (Lipinski definition) is 0. The molecule has 2 saturated heterocycles. The van der Waals surface area contributed by atoms with E-state index in [4.69, 9.17) is 23.2 Å². The highest BCUT2D eigenvalue weighted by atomic mass is 35.5. The third kappa shape index (κ3) is 5.44. The van der Waals surface area contributed by atoms with E-state index in [1.54, 1.807) is 10.5 Å². The maximum atomic E-state index is 13.4. The quantitative estimate of drug-likeness (QED) is 0.439. The largest absolute Gasteiger partial charge is 0.369 e. The zero-order valence-electron chi connectivity index (χ0n) is 19.6. The summed E-state index contributed by atoms with van der Waals surface area (Å²) >= 11 is 12.2. The fourth-order valence-corrected chi connectivity index (χ4v) is 7.07. The first-order chi connectivity index (χ1) is 16.9. The number of piperazine rings is 1. The van der Waals surface area contributed by atoms with Crippen LogP contribution in [0.3, 0.4) is 0 Å². The van der Waals surface area contributed by atoms with Crippen molar-refractivity contribution >= 4 is 49.7 Å². The van der Waals surface area contributed by atoms with Crippen molar-refractivity contribution in [1.29, 1.82) is 0 Å². The predicted molar refractivity (Wildman–Crippen MR) is 143 cm³/mol. The number of hydrogen-bond acceptors (Lipinski definition) is 5. The van der Waals surface area contributed by atoms with Gasteiger partial charge in [0.15, 0.2) is 0 Å². The molecule has 0 unspecified atom stereocenters. The fourth-order valence-electron chi connectivity index (χ4n) is 5.15. The Morgan fingerprint density at radius 3 is 2.37 bits per heavy atom. The molecule has 2 aliphatic rings. The first kappa shape index (κ1) is 24.8. The van der Waals surface area contributed by atoms with E-state index in [1.807, 2.05) is 42.5 Å². The lowest BCUT2D eigenvalue weighted by molar-refractivity contribution is 0.206. The summed E-state index contributed by atoms with van der Waals surface area (Å²) in [5, 5.41) is 2.77. The van der Waals surface area contributed by atoms with Crippen molar-refractivity contribution in [2.24, 2.45) is 5.92 Å². The molecule has 0 N–H and O–H groups in total. The molecule has 2 aliphatic heterocycles. The van der Waals surface area contributed by atoms with Crippen molar-refractivity contribution in [3.05, 3.63) is 64.9 Å². The Kier molecular flexibility index (Phi) is 7.51. The molecule has 35 heavy (non-hydrogen) atoms. The number of piperidine rings is 1. The predicted octanol–water partition coefficient (Wildman–Crippen LogP) is 5.15. The van der Waals surface area contributed by atoms with Crippen molar-refractivity contribution in [2.75, 3.05) is 50.7 Å². The molecule has 0 aliphatic carbocycles. The van der Waals surface area contributed by atoms with Gasteiger partial charge in [-0.1, -0.05) is 47.5 Å². The average Bonchev–Trinajstić information content (AvgIpc) is 2.89. The molecule has 9 heteroatoms. The van der Waals surface area contributed by atoms with Gasteiger partial charge in [-0.2, -0.15) is 4.31 Å². The Balaban J connectivity index is 1.11. The second kappa shape index (κ2) is 10.6. The van der Waals surface area contributed by atoms with Gasteiger partial charge in [0.05, 0.1) is 10.0 Å². The second-order valence-electron chi connectivity index (χ2n) is 9.42. The normalized spacial score (nSPS) is 18.9. The van der Waals surface area contributed by atoms with Gasteiger partial charge in [-0.15, -0.1) is 0 Å². The minimum Gasteiger partial charge on any atom is -0.369 e. The summed E-state index contributed by atoms with van der Waals surface area (Å²) in [6.45, 7) is 6.16. The Hall–Kier alpha value is -1.90. The molecular formula is C26H30Cl2N4O2S. The highest BCUT2D eigenvalue weighted by molar-refractivity contribution is 7.89. The van der Waals surface area contributed by atoms with Crippen LogP contribution in [0, 0.1) is 5.92 Å². The van der Waals surface area contributed by atoms with Crippen molar-refractivity contribution in [3.8, 4) is 0 Å². The van der Waals surface area contributed by atoms with E-state index in [0.29, 0.717) is 33.9 Å². The molecule has 186 valence electrons. The number of sulfonamides is 1. The highest BCUT2D eigenvalue weighted by Crippen LogP contribution is 2.30. The molecule has 2 fully saturated rings. The topological polar surface area (TPSA) is 56.8 Å². The number of rotatable bonds is 6. The molecule has 0 saturated carbocycles. The second-order valence-corrected chi connectivity index (χ2v) is 12.1. The average molecular weight is 534 g/mol.